The minimum absolute atomic E-state index is 0.00544. The number of phenolic OH excluding ortho intramolecular Hbond substituents is 1. The number of ether oxygens (including phenoxy) is 3. The molecule has 0 aliphatic carbocycles. The molecule has 0 saturated heterocycles. The van der Waals surface area contributed by atoms with E-state index in [1.165, 1.54) is 32.4 Å². The number of methoxy groups -OCH3 is 2. The fourth-order valence-electron chi connectivity index (χ4n) is 1.34. The molecule has 0 aromatic heterocycles. The van der Waals surface area contributed by atoms with Gasteiger partial charge < -0.3 is 25.1 Å². The summed E-state index contributed by atoms with van der Waals surface area (Å²) in [6.45, 7) is 0.0614. The molecule has 0 fully saturated rings. The summed E-state index contributed by atoms with van der Waals surface area (Å²) >= 11 is 0. The third kappa shape index (κ3) is 4.70. The lowest BCUT2D eigenvalue weighted by atomic mass is 10.1. The molecule has 3 N–H and O–H groups in total. The summed E-state index contributed by atoms with van der Waals surface area (Å²) in [6, 6.07) is 4.79. The predicted octanol–water partition coefficient (Wildman–Crippen LogP) is 1.16. The molecule has 1 aromatic carbocycles. The van der Waals surface area contributed by atoms with Crippen LogP contribution in [0, 0.1) is 0 Å². The van der Waals surface area contributed by atoms with Crippen LogP contribution in [0.5, 0.6) is 5.75 Å². The molecular formula is C13H17NO5. The smallest absolute Gasteiger partial charge is 0.330 e. The van der Waals surface area contributed by atoms with E-state index in [1.54, 1.807) is 12.1 Å². The topological polar surface area (TPSA) is 91.0 Å². The van der Waals surface area contributed by atoms with E-state index in [0.717, 1.165) is 0 Å². The van der Waals surface area contributed by atoms with E-state index in [2.05, 4.69) is 4.74 Å². The van der Waals surface area contributed by atoms with Gasteiger partial charge in [0, 0.05) is 18.7 Å². The van der Waals surface area contributed by atoms with Gasteiger partial charge in [0.1, 0.15) is 18.8 Å². The molecular weight excluding hydrogens is 250 g/mol. The van der Waals surface area contributed by atoms with Gasteiger partial charge in [-0.05, 0) is 17.7 Å². The molecule has 19 heavy (non-hydrogen) atoms. The molecule has 1 atom stereocenters. The van der Waals surface area contributed by atoms with Crippen molar-refractivity contribution in [2.75, 3.05) is 21.0 Å². The average molecular weight is 267 g/mol. The van der Waals surface area contributed by atoms with Gasteiger partial charge in [-0.2, -0.15) is 0 Å². The van der Waals surface area contributed by atoms with Crippen LogP contribution in [0.3, 0.4) is 0 Å². The number of rotatable bonds is 6. The Labute approximate surface area is 111 Å². The predicted molar refractivity (Wildman–Crippen MR) is 69.0 cm³/mol. The quantitative estimate of drug-likeness (QED) is 0.456. The van der Waals surface area contributed by atoms with Crippen molar-refractivity contribution in [1.82, 2.24) is 0 Å². The summed E-state index contributed by atoms with van der Waals surface area (Å²) in [6.07, 6.45) is 1.98. The van der Waals surface area contributed by atoms with Crippen LogP contribution in [-0.2, 0) is 19.0 Å². The molecule has 1 rings (SSSR count). The number of phenols is 1. The standard InChI is InChI=1S/C13H17NO5/c1-17-8-19-13(14)10-4-3-9(11(15)7-10)5-6-12(16)18-2/h3-7,13,15H,8,14H2,1-2H3. The molecule has 6 nitrogen and oxygen atoms in total. The van der Waals surface area contributed by atoms with Crippen LogP contribution < -0.4 is 5.73 Å². The maximum atomic E-state index is 10.9. The number of carbonyl (C=O) groups excluding carboxylic acids is 1. The summed E-state index contributed by atoms with van der Waals surface area (Å²) < 4.78 is 14.3. The zero-order valence-electron chi connectivity index (χ0n) is 10.8. The Kier molecular flexibility index (Phi) is 6.01. The van der Waals surface area contributed by atoms with Crippen LogP contribution in [0.4, 0.5) is 0 Å². The Hall–Kier alpha value is -1.89. The number of hydrogen-bond acceptors (Lipinski definition) is 6. The van der Waals surface area contributed by atoms with Crippen LogP contribution >= 0.6 is 0 Å². The van der Waals surface area contributed by atoms with Crippen LogP contribution in [0.15, 0.2) is 24.3 Å². The highest BCUT2D eigenvalue weighted by molar-refractivity contribution is 5.87. The molecule has 1 unspecified atom stereocenters. The molecule has 0 spiro atoms. The van der Waals surface area contributed by atoms with Crippen LogP contribution in [0.25, 0.3) is 6.08 Å². The average Bonchev–Trinajstić information content (AvgIpc) is 2.42. The van der Waals surface area contributed by atoms with Crippen LogP contribution in [0.2, 0.25) is 0 Å². The number of carbonyl (C=O) groups is 1. The molecule has 1 aromatic rings. The molecule has 0 bridgehead atoms. The first kappa shape index (κ1) is 15.2. The minimum atomic E-state index is -0.690. The van der Waals surface area contributed by atoms with Gasteiger partial charge in [0.25, 0.3) is 0 Å². The first-order valence-electron chi connectivity index (χ1n) is 5.53. The van der Waals surface area contributed by atoms with E-state index >= 15 is 0 Å². The number of hydrogen-bond donors (Lipinski definition) is 2. The first-order valence-corrected chi connectivity index (χ1v) is 5.53. The van der Waals surface area contributed by atoms with Crippen molar-refractivity contribution in [3.8, 4) is 5.75 Å². The molecule has 0 aliphatic rings. The van der Waals surface area contributed by atoms with E-state index in [0.29, 0.717) is 11.1 Å². The van der Waals surface area contributed by atoms with Crippen molar-refractivity contribution >= 4 is 12.0 Å². The molecule has 104 valence electrons. The zero-order valence-corrected chi connectivity index (χ0v) is 10.8. The summed E-state index contributed by atoms with van der Waals surface area (Å²) in [4.78, 5) is 10.9. The minimum Gasteiger partial charge on any atom is -0.507 e. The zero-order chi connectivity index (χ0) is 14.3. The van der Waals surface area contributed by atoms with Gasteiger partial charge in [-0.15, -0.1) is 0 Å². The Bertz CT molecular complexity index is 458. The lowest BCUT2D eigenvalue weighted by molar-refractivity contribution is -0.134. The molecule has 0 saturated carbocycles. The third-order valence-corrected chi connectivity index (χ3v) is 2.35. The maximum Gasteiger partial charge on any atom is 0.330 e. The van der Waals surface area contributed by atoms with Crippen LogP contribution in [-0.4, -0.2) is 32.1 Å². The van der Waals surface area contributed by atoms with Crippen molar-refractivity contribution in [3.63, 3.8) is 0 Å². The van der Waals surface area contributed by atoms with Crippen molar-refractivity contribution in [2.24, 2.45) is 5.73 Å². The number of esters is 1. The van der Waals surface area contributed by atoms with E-state index in [9.17, 15) is 9.90 Å². The third-order valence-electron chi connectivity index (χ3n) is 2.35. The molecule has 0 heterocycles. The van der Waals surface area contributed by atoms with Gasteiger partial charge >= 0.3 is 5.97 Å². The summed E-state index contributed by atoms with van der Waals surface area (Å²) in [5.74, 6) is -0.502. The Balaban J connectivity index is 2.79. The molecule has 6 heteroatoms. The second-order valence-corrected chi connectivity index (χ2v) is 3.67. The maximum absolute atomic E-state index is 10.9. The number of nitrogens with two attached hydrogens (primary N) is 1. The molecule has 0 radical (unpaired) electrons. The van der Waals surface area contributed by atoms with Crippen molar-refractivity contribution in [1.29, 1.82) is 0 Å². The van der Waals surface area contributed by atoms with E-state index in [-0.39, 0.29) is 12.5 Å². The first-order chi connectivity index (χ1) is 9.08. The largest absolute Gasteiger partial charge is 0.507 e. The highest BCUT2D eigenvalue weighted by atomic mass is 16.7. The SMILES string of the molecule is COCOC(N)c1ccc(C=CC(=O)OC)c(O)c1. The number of aromatic hydroxyl groups is 1. The number of benzene rings is 1. The normalized spacial score (nSPS) is 12.6. The lowest BCUT2D eigenvalue weighted by Crippen LogP contribution is -2.15. The summed E-state index contributed by atoms with van der Waals surface area (Å²) in [5.41, 5.74) is 6.82. The van der Waals surface area contributed by atoms with Crippen molar-refractivity contribution in [3.05, 3.63) is 35.4 Å². The highest BCUT2D eigenvalue weighted by Crippen LogP contribution is 2.23. The molecule has 0 amide bonds. The summed E-state index contributed by atoms with van der Waals surface area (Å²) in [5, 5.41) is 9.81. The van der Waals surface area contributed by atoms with Gasteiger partial charge in [-0.3, -0.25) is 0 Å². The Morgan fingerprint density at radius 3 is 2.79 bits per heavy atom. The van der Waals surface area contributed by atoms with Gasteiger partial charge in [0.2, 0.25) is 0 Å². The van der Waals surface area contributed by atoms with E-state index in [4.69, 9.17) is 15.2 Å². The van der Waals surface area contributed by atoms with E-state index < -0.39 is 12.2 Å². The van der Waals surface area contributed by atoms with Gasteiger partial charge in [0.05, 0.1) is 7.11 Å². The lowest BCUT2D eigenvalue weighted by Gasteiger charge is -2.13. The fraction of sp³-hybridized carbons (Fsp3) is 0.308. The van der Waals surface area contributed by atoms with Gasteiger partial charge in [-0.1, -0.05) is 12.1 Å². The van der Waals surface area contributed by atoms with Crippen molar-refractivity contribution in [2.45, 2.75) is 6.23 Å². The van der Waals surface area contributed by atoms with E-state index in [1.807, 2.05) is 0 Å². The summed E-state index contributed by atoms with van der Waals surface area (Å²) in [7, 11) is 2.77. The van der Waals surface area contributed by atoms with Crippen LogP contribution in [0.1, 0.15) is 17.4 Å². The Morgan fingerprint density at radius 2 is 2.21 bits per heavy atom. The highest BCUT2D eigenvalue weighted by Gasteiger charge is 2.08. The Morgan fingerprint density at radius 1 is 1.47 bits per heavy atom. The van der Waals surface area contributed by atoms with Gasteiger partial charge in [0.15, 0.2) is 0 Å². The molecule has 0 aliphatic heterocycles. The second kappa shape index (κ2) is 7.52. The van der Waals surface area contributed by atoms with Gasteiger partial charge in [-0.25, -0.2) is 4.79 Å². The monoisotopic (exact) mass is 267 g/mol. The fourth-order valence-corrected chi connectivity index (χ4v) is 1.34. The second-order valence-electron chi connectivity index (χ2n) is 3.67. The van der Waals surface area contributed by atoms with Crippen molar-refractivity contribution < 1.29 is 24.1 Å².